The van der Waals surface area contributed by atoms with E-state index in [0.717, 1.165) is 18.4 Å². The highest BCUT2D eigenvalue weighted by atomic mass is 19.1. The summed E-state index contributed by atoms with van der Waals surface area (Å²) in [6, 6.07) is 5.84. The Kier molecular flexibility index (Phi) is 3.90. The minimum absolute atomic E-state index is 0.0456. The van der Waals surface area contributed by atoms with Crippen molar-refractivity contribution in [3.8, 4) is 0 Å². The smallest absolute Gasteiger partial charge is 0.339 e. The normalized spacial score (nSPS) is 13.5. The van der Waals surface area contributed by atoms with E-state index in [1.807, 2.05) is 0 Å². The molecule has 0 spiro atoms. The number of benzene rings is 1. The number of rotatable bonds is 3. The van der Waals surface area contributed by atoms with Gasteiger partial charge in [-0.3, -0.25) is 4.79 Å². The second-order valence-corrected chi connectivity index (χ2v) is 5.74. The molecular weight excluding hydrogens is 299 g/mol. The minimum atomic E-state index is -1.12. The first kappa shape index (κ1) is 15.3. The Morgan fingerprint density at radius 3 is 2.74 bits per heavy atom. The largest absolute Gasteiger partial charge is 0.478 e. The molecular formula is C17H17FN2O3. The van der Waals surface area contributed by atoms with Gasteiger partial charge in [0.25, 0.3) is 5.56 Å². The molecule has 1 aliphatic heterocycles. The fourth-order valence-electron chi connectivity index (χ4n) is 2.97. The molecule has 0 saturated carbocycles. The Morgan fingerprint density at radius 2 is 2.04 bits per heavy atom. The molecule has 1 aromatic carbocycles. The van der Waals surface area contributed by atoms with Crippen LogP contribution in [0.15, 0.2) is 29.1 Å². The van der Waals surface area contributed by atoms with E-state index >= 15 is 0 Å². The fraction of sp³-hybridized carbons (Fsp3) is 0.294. The molecule has 2 heterocycles. The summed E-state index contributed by atoms with van der Waals surface area (Å²) in [7, 11) is 0. The summed E-state index contributed by atoms with van der Waals surface area (Å²) in [5.74, 6) is -1.61. The third-order valence-corrected chi connectivity index (χ3v) is 4.07. The van der Waals surface area contributed by atoms with Crippen LogP contribution in [-0.2, 0) is 13.0 Å². The quantitative estimate of drug-likeness (QED) is 0.913. The van der Waals surface area contributed by atoms with Crippen LogP contribution in [-0.4, -0.2) is 15.6 Å². The van der Waals surface area contributed by atoms with E-state index in [1.165, 1.54) is 22.8 Å². The number of aromatic carboxylic acids is 1. The van der Waals surface area contributed by atoms with Crippen LogP contribution in [0.1, 0.15) is 34.5 Å². The number of carboxylic acid groups (broad SMARTS) is 1. The van der Waals surface area contributed by atoms with Gasteiger partial charge in [-0.25, -0.2) is 9.18 Å². The maximum absolute atomic E-state index is 14.0. The molecule has 2 N–H and O–H groups in total. The molecule has 23 heavy (non-hydrogen) atoms. The predicted molar refractivity (Wildman–Crippen MR) is 85.0 cm³/mol. The molecule has 0 fully saturated rings. The molecule has 3 rings (SSSR count). The molecule has 1 aliphatic rings. The van der Waals surface area contributed by atoms with Crippen molar-refractivity contribution in [3.05, 3.63) is 57.3 Å². The van der Waals surface area contributed by atoms with Crippen molar-refractivity contribution in [2.24, 2.45) is 0 Å². The fourth-order valence-corrected chi connectivity index (χ4v) is 2.97. The van der Waals surface area contributed by atoms with Gasteiger partial charge in [-0.15, -0.1) is 0 Å². The molecule has 120 valence electrons. The van der Waals surface area contributed by atoms with Gasteiger partial charge in [0.2, 0.25) is 0 Å². The first-order valence-corrected chi connectivity index (χ1v) is 7.50. The molecule has 0 bridgehead atoms. The minimum Gasteiger partial charge on any atom is -0.478 e. The van der Waals surface area contributed by atoms with Crippen molar-refractivity contribution in [2.75, 3.05) is 5.32 Å². The molecule has 0 unspecified atom stereocenters. The zero-order chi connectivity index (χ0) is 16.6. The number of anilines is 2. The van der Waals surface area contributed by atoms with Gasteiger partial charge in [-0.05, 0) is 43.9 Å². The van der Waals surface area contributed by atoms with E-state index in [1.54, 1.807) is 13.0 Å². The number of carboxylic acids is 1. The molecule has 1 aromatic heterocycles. The van der Waals surface area contributed by atoms with Crippen molar-refractivity contribution in [2.45, 2.75) is 32.7 Å². The summed E-state index contributed by atoms with van der Waals surface area (Å²) in [5.41, 5.74) is 1.34. The van der Waals surface area contributed by atoms with E-state index in [4.69, 9.17) is 0 Å². The van der Waals surface area contributed by atoms with Gasteiger partial charge < -0.3 is 15.0 Å². The Labute approximate surface area is 132 Å². The number of hydrogen-bond donors (Lipinski definition) is 2. The van der Waals surface area contributed by atoms with Crippen molar-refractivity contribution >= 4 is 17.3 Å². The van der Waals surface area contributed by atoms with Crippen LogP contribution in [0.2, 0.25) is 0 Å². The van der Waals surface area contributed by atoms with Crippen molar-refractivity contribution in [1.29, 1.82) is 0 Å². The Hall–Kier alpha value is -2.63. The number of halogens is 1. The van der Waals surface area contributed by atoms with Crippen LogP contribution in [0.3, 0.4) is 0 Å². The molecule has 0 aliphatic carbocycles. The highest BCUT2D eigenvalue weighted by Gasteiger charge is 2.23. The SMILES string of the molecule is Cc1ccc(Nc2cc(=O)n3c(c2C(=O)O)CCCC3)c(F)c1. The van der Waals surface area contributed by atoms with Crippen LogP contribution in [0, 0.1) is 12.7 Å². The van der Waals surface area contributed by atoms with Crippen LogP contribution in [0.4, 0.5) is 15.8 Å². The van der Waals surface area contributed by atoms with Gasteiger partial charge in [-0.1, -0.05) is 6.07 Å². The number of pyridine rings is 1. The summed E-state index contributed by atoms with van der Waals surface area (Å²) in [6.45, 7) is 2.29. The molecule has 5 nitrogen and oxygen atoms in total. The summed E-state index contributed by atoms with van der Waals surface area (Å²) < 4.78 is 15.5. The topological polar surface area (TPSA) is 71.3 Å². The number of nitrogens with zero attached hydrogens (tertiary/aromatic N) is 1. The number of aromatic nitrogens is 1. The first-order valence-electron chi connectivity index (χ1n) is 7.50. The summed E-state index contributed by atoms with van der Waals surface area (Å²) in [5, 5.41) is 12.3. The summed E-state index contributed by atoms with van der Waals surface area (Å²) in [4.78, 5) is 23.9. The molecule has 0 saturated heterocycles. The lowest BCUT2D eigenvalue weighted by molar-refractivity contribution is 0.0695. The van der Waals surface area contributed by atoms with Gasteiger partial charge in [0.1, 0.15) is 11.4 Å². The molecule has 0 radical (unpaired) electrons. The summed E-state index contributed by atoms with van der Waals surface area (Å²) in [6.07, 6.45) is 2.22. The van der Waals surface area contributed by atoms with E-state index in [0.29, 0.717) is 18.7 Å². The number of fused-ring (bicyclic) bond motifs is 1. The zero-order valence-corrected chi connectivity index (χ0v) is 12.7. The summed E-state index contributed by atoms with van der Waals surface area (Å²) >= 11 is 0. The lowest BCUT2D eigenvalue weighted by Gasteiger charge is -2.22. The van der Waals surface area contributed by atoms with Crippen molar-refractivity contribution in [3.63, 3.8) is 0 Å². The third kappa shape index (κ3) is 2.84. The molecule has 0 amide bonds. The van der Waals surface area contributed by atoms with Gasteiger partial charge in [0, 0.05) is 18.3 Å². The average molecular weight is 316 g/mol. The van der Waals surface area contributed by atoms with Crippen molar-refractivity contribution < 1.29 is 14.3 Å². The molecule has 2 aromatic rings. The van der Waals surface area contributed by atoms with Crippen LogP contribution in [0.25, 0.3) is 0 Å². The van der Waals surface area contributed by atoms with E-state index in [2.05, 4.69) is 5.32 Å². The molecule has 0 atom stereocenters. The Morgan fingerprint density at radius 1 is 1.26 bits per heavy atom. The van der Waals surface area contributed by atoms with E-state index in [-0.39, 0.29) is 22.5 Å². The standard InChI is InChI=1S/C17H17FN2O3/c1-10-5-6-12(11(18)8-10)19-13-9-15(21)20-7-3-2-4-14(20)16(13)17(22)23/h5-6,8-9,19H,2-4,7H2,1H3,(H,22,23). The van der Waals surface area contributed by atoms with Gasteiger partial charge in [0.05, 0.1) is 11.4 Å². The zero-order valence-electron chi connectivity index (χ0n) is 12.7. The van der Waals surface area contributed by atoms with E-state index in [9.17, 15) is 19.1 Å². The third-order valence-electron chi connectivity index (χ3n) is 4.07. The Bertz CT molecular complexity index is 842. The molecule has 6 heteroatoms. The van der Waals surface area contributed by atoms with Gasteiger partial charge in [0.15, 0.2) is 0 Å². The maximum Gasteiger partial charge on any atom is 0.339 e. The number of aryl methyl sites for hydroxylation is 1. The van der Waals surface area contributed by atoms with Crippen molar-refractivity contribution in [1.82, 2.24) is 4.57 Å². The Balaban J connectivity index is 2.13. The monoisotopic (exact) mass is 316 g/mol. The second kappa shape index (κ2) is 5.87. The second-order valence-electron chi connectivity index (χ2n) is 5.74. The van der Waals surface area contributed by atoms with Gasteiger partial charge in [-0.2, -0.15) is 0 Å². The van der Waals surface area contributed by atoms with Crippen LogP contribution >= 0.6 is 0 Å². The van der Waals surface area contributed by atoms with E-state index < -0.39 is 11.8 Å². The number of nitrogens with one attached hydrogen (secondary N) is 1. The highest BCUT2D eigenvalue weighted by molar-refractivity contribution is 5.96. The highest BCUT2D eigenvalue weighted by Crippen LogP contribution is 2.27. The average Bonchev–Trinajstić information content (AvgIpc) is 2.50. The number of carbonyl (C=O) groups is 1. The number of hydrogen-bond acceptors (Lipinski definition) is 3. The predicted octanol–water partition coefficient (Wildman–Crippen LogP) is 3.07. The lowest BCUT2D eigenvalue weighted by Crippen LogP contribution is -2.29. The maximum atomic E-state index is 14.0. The van der Waals surface area contributed by atoms with Crippen LogP contribution < -0.4 is 10.9 Å². The first-order chi connectivity index (χ1) is 11.0. The van der Waals surface area contributed by atoms with Gasteiger partial charge >= 0.3 is 5.97 Å². The van der Waals surface area contributed by atoms with Crippen LogP contribution in [0.5, 0.6) is 0 Å². The lowest BCUT2D eigenvalue weighted by atomic mass is 10.0.